The molecule has 5 rings (SSSR count). The van der Waals surface area contributed by atoms with Crippen LogP contribution in [0.1, 0.15) is 17.2 Å². The van der Waals surface area contributed by atoms with Gasteiger partial charge in [-0.05, 0) is 17.7 Å². The molecule has 30 heavy (non-hydrogen) atoms. The van der Waals surface area contributed by atoms with Crippen molar-refractivity contribution in [1.82, 2.24) is 20.2 Å². The summed E-state index contributed by atoms with van der Waals surface area (Å²) < 4.78 is 5.47. The molecule has 1 aromatic carbocycles. The summed E-state index contributed by atoms with van der Waals surface area (Å²) in [7, 11) is 0. The van der Waals surface area contributed by atoms with Crippen LogP contribution < -0.4 is 10.6 Å². The highest BCUT2D eigenvalue weighted by molar-refractivity contribution is 6.05. The monoisotopic (exact) mass is 403 g/mol. The number of H-pyrrole nitrogens is 1. The molecule has 4 heterocycles. The van der Waals surface area contributed by atoms with Crippen LogP contribution in [0.2, 0.25) is 0 Å². The highest BCUT2D eigenvalue weighted by Crippen LogP contribution is 2.29. The van der Waals surface area contributed by atoms with E-state index in [9.17, 15) is 4.79 Å². The zero-order valence-electron chi connectivity index (χ0n) is 16.7. The third-order valence-electron chi connectivity index (χ3n) is 5.75. The SMILES string of the molecule is O=C(N[C@H](CN1CCOCC1)c1ccccc1)C1=Cc2c[nH]c3nccc(c23)NC1. The minimum Gasteiger partial charge on any atom is -0.380 e. The Labute approximate surface area is 175 Å². The van der Waals surface area contributed by atoms with E-state index in [4.69, 9.17) is 4.74 Å². The Hall–Kier alpha value is -3.16. The van der Waals surface area contributed by atoms with Crippen molar-refractivity contribution >= 4 is 28.7 Å². The molecule has 0 unspecified atom stereocenters. The van der Waals surface area contributed by atoms with Gasteiger partial charge in [-0.1, -0.05) is 30.3 Å². The van der Waals surface area contributed by atoms with Gasteiger partial charge in [-0.15, -0.1) is 0 Å². The summed E-state index contributed by atoms with van der Waals surface area (Å²) in [6.07, 6.45) is 5.63. The van der Waals surface area contributed by atoms with Crippen LogP contribution in [0.3, 0.4) is 0 Å². The number of aromatic nitrogens is 2. The number of rotatable bonds is 5. The maximum absolute atomic E-state index is 13.3. The van der Waals surface area contributed by atoms with Gasteiger partial charge in [0.05, 0.1) is 19.3 Å². The van der Waals surface area contributed by atoms with Crippen molar-refractivity contribution in [2.75, 3.05) is 44.7 Å². The van der Waals surface area contributed by atoms with Crippen molar-refractivity contribution in [3.63, 3.8) is 0 Å². The Morgan fingerprint density at radius 2 is 2.03 bits per heavy atom. The van der Waals surface area contributed by atoms with Crippen molar-refractivity contribution in [1.29, 1.82) is 0 Å². The number of carbonyl (C=O) groups is 1. The van der Waals surface area contributed by atoms with Gasteiger partial charge >= 0.3 is 0 Å². The highest BCUT2D eigenvalue weighted by atomic mass is 16.5. The number of hydrogen-bond acceptors (Lipinski definition) is 5. The maximum atomic E-state index is 13.3. The zero-order chi connectivity index (χ0) is 20.3. The molecule has 0 saturated carbocycles. The molecule has 1 amide bonds. The van der Waals surface area contributed by atoms with E-state index in [1.54, 1.807) is 6.20 Å². The van der Waals surface area contributed by atoms with Gasteiger partial charge in [-0.3, -0.25) is 9.69 Å². The average molecular weight is 403 g/mol. The molecule has 7 nitrogen and oxygen atoms in total. The summed E-state index contributed by atoms with van der Waals surface area (Å²) >= 11 is 0. The summed E-state index contributed by atoms with van der Waals surface area (Å²) in [5.41, 5.74) is 4.60. The predicted molar refractivity (Wildman–Crippen MR) is 117 cm³/mol. The summed E-state index contributed by atoms with van der Waals surface area (Å²) in [5, 5.41) is 7.68. The summed E-state index contributed by atoms with van der Waals surface area (Å²) in [5.74, 6) is -0.0558. The van der Waals surface area contributed by atoms with Gasteiger partial charge in [0.15, 0.2) is 0 Å². The Bertz CT molecular complexity index is 1070. The zero-order valence-corrected chi connectivity index (χ0v) is 16.7. The lowest BCUT2D eigenvalue weighted by Gasteiger charge is -2.31. The van der Waals surface area contributed by atoms with Gasteiger partial charge in [0.1, 0.15) is 5.65 Å². The van der Waals surface area contributed by atoms with Gasteiger partial charge in [0.25, 0.3) is 0 Å². The number of ether oxygens (including phenoxy) is 1. The molecule has 2 aliphatic rings. The fourth-order valence-corrected chi connectivity index (χ4v) is 4.13. The lowest BCUT2D eigenvalue weighted by molar-refractivity contribution is -0.118. The van der Waals surface area contributed by atoms with E-state index in [2.05, 4.69) is 37.6 Å². The van der Waals surface area contributed by atoms with Crippen LogP contribution >= 0.6 is 0 Å². The second-order valence-corrected chi connectivity index (χ2v) is 7.70. The molecule has 0 spiro atoms. The molecule has 3 aromatic rings. The first-order chi connectivity index (χ1) is 14.8. The van der Waals surface area contributed by atoms with Gasteiger partial charge in [-0.25, -0.2) is 4.98 Å². The number of morpholine rings is 1. The first-order valence-corrected chi connectivity index (χ1v) is 10.3. The summed E-state index contributed by atoms with van der Waals surface area (Å²) in [6, 6.07) is 12.0. The van der Waals surface area contributed by atoms with E-state index in [0.29, 0.717) is 12.1 Å². The van der Waals surface area contributed by atoms with E-state index in [1.165, 1.54) is 0 Å². The summed E-state index contributed by atoms with van der Waals surface area (Å²) in [6.45, 7) is 4.47. The van der Waals surface area contributed by atoms with E-state index in [-0.39, 0.29) is 11.9 Å². The largest absolute Gasteiger partial charge is 0.380 e. The lowest BCUT2D eigenvalue weighted by Crippen LogP contribution is -2.43. The van der Waals surface area contributed by atoms with Crippen LogP contribution in [0.5, 0.6) is 0 Å². The van der Waals surface area contributed by atoms with Crippen LogP contribution in [0.15, 0.2) is 54.4 Å². The fraction of sp³-hybridized carbons (Fsp3) is 0.304. The first kappa shape index (κ1) is 18.8. The molecule has 1 atom stereocenters. The second kappa shape index (κ2) is 8.30. The molecule has 154 valence electrons. The molecule has 1 fully saturated rings. The van der Waals surface area contributed by atoms with E-state index >= 15 is 0 Å². The van der Waals surface area contributed by atoms with Crippen molar-refractivity contribution < 1.29 is 9.53 Å². The van der Waals surface area contributed by atoms with Crippen LogP contribution in [-0.4, -0.2) is 60.2 Å². The van der Waals surface area contributed by atoms with Gasteiger partial charge in [0, 0.05) is 60.8 Å². The first-order valence-electron chi connectivity index (χ1n) is 10.3. The molecular formula is C23H25N5O2. The molecule has 3 N–H and O–H groups in total. The smallest absolute Gasteiger partial charge is 0.249 e. The average Bonchev–Trinajstić information content (AvgIpc) is 3.10. The minimum atomic E-state index is -0.0868. The summed E-state index contributed by atoms with van der Waals surface area (Å²) in [4.78, 5) is 23.2. The van der Waals surface area contributed by atoms with Crippen LogP contribution in [0.25, 0.3) is 17.1 Å². The molecule has 0 radical (unpaired) electrons. The lowest BCUT2D eigenvalue weighted by atomic mass is 10.0. The Morgan fingerprint density at radius 1 is 1.20 bits per heavy atom. The normalized spacial score (nSPS) is 17.7. The molecular weight excluding hydrogens is 378 g/mol. The van der Waals surface area contributed by atoms with Gasteiger partial charge in [0.2, 0.25) is 5.91 Å². The molecule has 1 saturated heterocycles. The molecule has 0 aliphatic carbocycles. The standard InChI is InChI=1S/C23H25N5O2/c29-23(18-12-17-13-26-22-21(17)19(25-14-18)6-7-24-22)27-20(16-4-2-1-3-5-16)15-28-8-10-30-11-9-28/h1-7,12-13,20,25H,8-11,14-15H2,(H,24,26)(H,27,29)/t20-/m1/s1. The van der Waals surface area contributed by atoms with Crippen molar-refractivity contribution in [3.8, 4) is 0 Å². The maximum Gasteiger partial charge on any atom is 0.249 e. The Balaban J connectivity index is 1.38. The topological polar surface area (TPSA) is 82.3 Å². The molecule has 2 aliphatic heterocycles. The Morgan fingerprint density at radius 3 is 2.87 bits per heavy atom. The van der Waals surface area contributed by atoms with Crippen LogP contribution in [0.4, 0.5) is 5.69 Å². The molecule has 2 aromatic heterocycles. The number of amides is 1. The van der Waals surface area contributed by atoms with Crippen LogP contribution in [-0.2, 0) is 9.53 Å². The fourth-order valence-electron chi connectivity index (χ4n) is 4.13. The minimum absolute atomic E-state index is 0.0558. The number of carbonyl (C=O) groups excluding carboxylic acids is 1. The number of hydrogen-bond donors (Lipinski definition) is 3. The Kier molecular flexibility index (Phi) is 5.21. The number of nitrogens with one attached hydrogen (secondary N) is 3. The van der Waals surface area contributed by atoms with Crippen molar-refractivity contribution in [2.24, 2.45) is 0 Å². The number of anilines is 1. The number of nitrogens with zero attached hydrogens (tertiary/aromatic N) is 2. The van der Waals surface area contributed by atoms with Crippen molar-refractivity contribution in [2.45, 2.75) is 6.04 Å². The third-order valence-corrected chi connectivity index (χ3v) is 5.75. The number of pyridine rings is 1. The van der Waals surface area contributed by atoms with E-state index in [0.717, 1.165) is 60.7 Å². The van der Waals surface area contributed by atoms with Gasteiger partial charge in [-0.2, -0.15) is 0 Å². The second-order valence-electron chi connectivity index (χ2n) is 7.70. The number of aromatic amines is 1. The van der Waals surface area contributed by atoms with Crippen molar-refractivity contribution in [3.05, 3.63) is 65.5 Å². The molecule has 0 bridgehead atoms. The van der Waals surface area contributed by atoms with Crippen LogP contribution in [0, 0.1) is 0 Å². The highest BCUT2D eigenvalue weighted by Gasteiger charge is 2.23. The van der Waals surface area contributed by atoms with E-state index < -0.39 is 0 Å². The predicted octanol–water partition coefficient (Wildman–Crippen LogP) is 2.56. The quantitative estimate of drug-likeness (QED) is 0.610. The molecule has 7 heteroatoms. The van der Waals surface area contributed by atoms with E-state index in [1.807, 2.05) is 36.5 Å². The third kappa shape index (κ3) is 3.81. The number of benzene rings is 1. The van der Waals surface area contributed by atoms with Gasteiger partial charge < -0.3 is 20.4 Å².